The van der Waals surface area contributed by atoms with Gasteiger partial charge in [-0.2, -0.15) is 0 Å². The third kappa shape index (κ3) is 2.47. The van der Waals surface area contributed by atoms with Gasteiger partial charge in [0.25, 0.3) is 0 Å². The maximum atomic E-state index is 5.04. The first-order valence-corrected chi connectivity index (χ1v) is 9.12. The molecule has 0 N–H and O–H groups in total. The number of nitrogens with zero attached hydrogens (tertiary/aromatic N) is 4. The van der Waals surface area contributed by atoms with Crippen molar-refractivity contribution in [2.24, 2.45) is 4.99 Å². The Kier molecular flexibility index (Phi) is 3.68. The Morgan fingerprint density at radius 1 is 1.22 bits per heavy atom. The zero-order valence-electron chi connectivity index (χ0n) is 13.8. The summed E-state index contributed by atoms with van der Waals surface area (Å²) in [5.41, 5.74) is 2.40. The number of rotatable bonds is 3. The van der Waals surface area contributed by atoms with E-state index in [1.807, 2.05) is 24.0 Å². The number of fused-ring (bicyclic) bond motifs is 1. The minimum Gasteiger partial charge on any atom is -0.347 e. The molecule has 23 heavy (non-hydrogen) atoms. The van der Waals surface area contributed by atoms with Gasteiger partial charge in [-0.05, 0) is 38.1 Å². The van der Waals surface area contributed by atoms with Gasteiger partial charge in [0.15, 0.2) is 5.17 Å². The van der Waals surface area contributed by atoms with Crippen molar-refractivity contribution in [2.75, 3.05) is 6.54 Å². The average Bonchev–Trinajstić information content (AvgIpc) is 3.21. The molecule has 5 heteroatoms. The fraction of sp³-hybridized carbons (Fsp3) is 0.444. The van der Waals surface area contributed by atoms with Crippen LogP contribution in [0.4, 0.5) is 0 Å². The Hall–Kier alpha value is -1.75. The molecule has 1 fully saturated rings. The number of aliphatic imine (C=N–C) groups is 1. The van der Waals surface area contributed by atoms with Crippen LogP contribution in [0.1, 0.15) is 50.3 Å². The molecule has 1 saturated heterocycles. The van der Waals surface area contributed by atoms with Crippen molar-refractivity contribution in [1.82, 2.24) is 14.5 Å². The Morgan fingerprint density at radius 3 is 2.83 bits per heavy atom. The second-order valence-corrected chi connectivity index (χ2v) is 7.98. The van der Waals surface area contributed by atoms with Gasteiger partial charge in [0.1, 0.15) is 6.04 Å². The van der Waals surface area contributed by atoms with Crippen LogP contribution < -0.4 is 0 Å². The molecule has 0 radical (unpaired) electrons. The summed E-state index contributed by atoms with van der Waals surface area (Å²) in [6.45, 7) is 7.80. The van der Waals surface area contributed by atoms with Gasteiger partial charge in [-0.25, -0.2) is 0 Å². The molecule has 0 amide bonds. The van der Waals surface area contributed by atoms with Crippen LogP contribution in [0.5, 0.6) is 0 Å². The van der Waals surface area contributed by atoms with E-state index in [0.717, 1.165) is 12.2 Å². The number of amidine groups is 1. The molecule has 4 heterocycles. The molecule has 2 aliphatic heterocycles. The summed E-state index contributed by atoms with van der Waals surface area (Å²) in [6.07, 6.45) is 4.05. The second kappa shape index (κ2) is 5.71. The fourth-order valence-electron chi connectivity index (χ4n) is 3.57. The Morgan fingerprint density at radius 2 is 2.09 bits per heavy atom. The highest BCUT2D eigenvalue weighted by atomic mass is 32.2. The molecular weight excluding hydrogens is 304 g/mol. The zero-order chi connectivity index (χ0) is 16.0. The molecule has 0 saturated carbocycles. The van der Waals surface area contributed by atoms with E-state index in [2.05, 4.69) is 65.7 Å². The second-order valence-electron chi connectivity index (χ2n) is 6.57. The van der Waals surface area contributed by atoms with Gasteiger partial charge in [0, 0.05) is 35.9 Å². The number of aromatic nitrogens is 2. The normalized spacial score (nSPS) is 26.7. The number of hydrogen-bond acceptors (Lipinski definition) is 4. The van der Waals surface area contributed by atoms with Crippen LogP contribution in [0.25, 0.3) is 0 Å². The highest BCUT2D eigenvalue weighted by molar-refractivity contribution is 8.14. The lowest BCUT2D eigenvalue weighted by Gasteiger charge is -2.29. The van der Waals surface area contributed by atoms with Gasteiger partial charge >= 0.3 is 0 Å². The highest BCUT2D eigenvalue weighted by Crippen LogP contribution is 2.47. The van der Waals surface area contributed by atoms with Crippen LogP contribution in [-0.4, -0.2) is 31.4 Å². The molecule has 2 aromatic heterocycles. The van der Waals surface area contributed by atoms with Gasteiger partial charge in [-0.15, -0.1) is 0 Å². The molecule has 0 bridgehead atoms. The van der Waals surface area contributed by atoms with E-state index in [-0.39, 0.29) is 12.1 Å². The van der Waals surface area contributed by atoms with Crippen LogP contribution in [-0.2, 0) is 0 Å². The first-order valence-electron chi connectivity index (χ1n) is 8.24. The Labute approximate surface area is 141 Å². The van der Waals surface area contributed by atoms with Crippen molar-refractivity contribution in [3.63, 3.8) is 0 Å². The molecule has 2 aromatic rings. The zero-order valence-corrected chi connectivity index (χ0v) is 14.6. The van der Waals surface area contributed by atoms with Crippen molar-refractivity contribution in [1.29, 1.82) is 0 Å². The van der Waals surface area contributed by atoms with E-state index >= 15 is 0 Å². The van der Waals surface area contributed by atoms with Crippen LogP contribution in [0.2, 0.25) is 0 Å². The largest absolute Gasteiger partial charge is 0.347 e. The lowest BCUT2D eigenvalue weighted by atomic mass is 10.0. The molecule has 120 valence electrons. The van der Waals surface area contributed by atoms with Crippen LogP contribution >= 0.6 is 11.8 Å². The molecule has 2 aliphatic rings. The van der Waals surface area contributed by atoms with Crippen LogP contribution in [0, 0.1) is 0 Å². The summed E-state index contributed by atoms with van der Waals surface area (Å²) >= 11 is 1.89. The van der Waals surface area contributed by atoms with Gasteiger partial charge < -0.3 is 9.47 Å². The average molecular weight is 326 g/mol. The topological polar surface area (TPSA) is 33.4 Å². The third-order valence-corrected chi connectivity index (χ3v) is 5.65. The van der Waals surface area contributed by atoms with E-state index < -0.39 is 0 Å². The van der Waals surface area contributed by atoms with Crippen molar-refractivity contribution >= 4 is 16.9 Å². The maximum absolute atomic E-state index is 5.04. The molecule has 3 atom stereocenters. The maximum Gasteiger partial charge on any atom is 0.160 e. The fourth-order valence-corrected chi connectivity index (χ4v) is 4.66. The first kappa shape index (κ1) is 14.8. The van der Waals surface area contributed by atoms with Crippen molar-refractivity contribution < 1.29 is 0 Å². The summed E-state index contributed by atoms with van der Waals surface area (Å²) in [6, 6.07) is 11.3. The summed E-state index contributed by atoms with van der Waals surface area (Å²) < 4.78 is 2.37. The summed E-state index contributed by atoms with van der Waals surface area (Å²) in [7, 11) is 0. The van der Waals surface area contributed by atoms with Crippen LogP contribution in [0.3, 0.4) is 0 Å². The Balaban J connectivity index is 1.79. The van der Waals surface area contributed by atoms with E-state index in [4.69, 9.17) is 4.99 Å². The summed E-state index contributed by atoms with van der Waals surface area (Å²) in [5.74, 6) is 0. The van der Waals surface area contributed by atoms with Crippen molar-refractivity contribution in [2.45, 2.75) is 44.1 Å². The minimum atomic E-state index is 0.0820. The molecule has 0 aromatic carbocycles. The monoisotopic (exact) mass is 326 g/mol. The summed E-state index contributed by atoms with van der Waals surface area (Å²) in [4.78, 5) is 12.1. The highest BCUT2D eigenvalue weighted by Gasteiger charge is 2.44. The third-order valence-electron chi connectivity index (χ3n) is 4.55. The number of thioether (sulfide) groups is 1. The molecule has 4 nitrogen and oxygen atoms in total. The molecule has 0 aliphatic carbocycles. The van der Waals surface area contributed by atoms with E-state index in [1.54, 1.807) is 0 Å². The first-order chi connectivity index (χ1) is 11.1. The molecule has 0 unspecified atom stereocenters. The lowest BCUT2D eigenvalue weighted by Crippen LogP contribution is -2.30. The SMILES string of the molecule is CC(C)n1cccc1[C@H]1[C@H](c2ccccn2)N=C2S[C@@H](C)CN21. The van der Waals surface area contributed by atoms with Gasteiger partial charge in [0.2, 0.25) is 0 Å². The van der Waals surface area contributed by atoms with Crippen molar-refractivity contribution in [3.8, 4) is 0 Å². The van der Waals surface area contributed by atoms with E-state index in [1.165, 1.54) is 10.9 Å². The Bertz CT molecular complexity index is 722. The minimum absolute atomic E-state index is 0.0820. The van der Waals surface area contributed by atoms with E-state index in [0.29, 0.717) is 11.3 Å². The quantitative estimate of drug-likeness (QED) is 0.853. The van der Waals surface area contributed by atoms with Gasteiger partial charge in [-0.3, -0.25) is 9.98 Å². The number of hydrogen-bond donors (Lipinski definition) is 0. The van der Waals surface area contributed by atoms with Gasteiger partial charge in [-0.1, -0.05) is 24.8 Å². The predicted octanol–water partition coefficient (Wildman–Crippen LogP) is 4.05. The summed E-state index contributed by atoms with van der Waals surface area (Å²) in [5, 5.41) is 1.78. The molecular formula is C18H22N4S. The predicted molar refractivity (Wildman–Crippen MR) is 95.7 cm³/mol. The standard InChI is InChI=1S/C18H22N4S/c1-12(2)21-10-6-8-15(21)17-16(14-7-4-5-9-19-14)20-18-22(17)11-13(3)23-18/h4-10,12-13,16-17H,11H2,1-3H3/t13-,16-,17-/m0/s1. The lowest BCUT2D eigenvalue weighted by molar-refractivity contribution is 0.302. The molecule has 4 rings (SSSR count). The molecule has 0 spiro atoms. The smallest absolute Gasteiger partial charge is 0.160 e. The van der Waals surface area contributed by atoms with Crippen molar-refractivity contribution in [3.05, 3.63) is 54.1 Å². The van der Waals surface area contributed by atoms with Gasteiger partial charge in [0.05, 0.1) is 11.7 Å². The number of pyridine rings is 1. The van der Waals surface area contributed by atoms with Crippen LogP contribution in [0.15, 0.2) is 47.7 Å². The van der Waals surface area contributed by atoms with E-state index in [9.17, 15) is 0 Å².